The molecule has 1 aromatic rings. The first-order valence-corrected chi connectivity index (χ1v) is 6.85. The van der Waals surface area contributed by atoms with Crippen molar-refractivity contribution in [1.29, 1.82) is 0 Å². The zero-order valence-electron chi connectivity index (χ0n) is 11.4. The van der Waals surface area contributed by atoms with Gasteiger partial charge in [0.15, 0.2) is 0 Å². The standard InChI is InChI=1S/C14H23N3O/c1-11-13(10-18)8-15-14(16-11)17(2)9-12-6-4-3-5-7-12/h8,12,18H,3-7,9-10H2,1-2H3. The molecule has 0 atom stereocenters. The number of aliphatic hydroxyl groups excluding tert-OH is 1. The maximum Gasteiger partial charge on any atom is 0.225 e. The summed E-state index contributed by atoms with van der Waals surface area (Å²) in [7, 11) is 2.06. The molecule has 1 aliphatic carbocycles. The number of anilines is 1. The molecule has 4 nitrogen and oxygen atoms in total. The van der Waals surface area contributed by atoms with Gasteiger partial charge in [-0.25, -0.2) is 9.97 Å². The van der Waals surface area contributed by atoms with Crippen LogP contribution in [0.25, 0.3) is 0 Å². The van der Waals surface area contributed by atoms with Gasteiger partial charge < -0.3 is 10.0 Å². The Balaban J connectivity index is 1.99. The van der Waals surface area contributed by atoms with Crippen molar-refractivity contribution in [3.63, 3.8) is 0 Å². The third-order valence-corrected chi connectivity index (χ3v) is 3.84. The van der Waals surface area contributed by atoms with Crippen LogP contribution in [0.1, 0.15) is 43.4 Å². The molecular formula is C14H23N3O. The molecule has 1 saturated carbocycles. The maximum absolute atomic E-state index is 9.12. The summed E-state index contributed by atoms with van der Waals surface area (Å²) in [5.74, 6) is 1.56. The molecule has 1 heterocycles. The Morgan fingerprint density at radius 2 is 2.06 bits per heavy atom. The zero-order valence-corrected chi connectivity index (χ0v) is 11.4. The Kier molecular flexibility index (Phi) is 4.53. The summed E-state index contributed by atoms with van der Waals surface area (Å²) in [6, 6.07) is 0. The molecule has 1 aromatic heterocycles. The molecule has 0 saturated heterocycles. The Hall–Kier alpha value is -1.16. The molecule has 0 radical (unpaired) electrons. The lowest BCUT2D eigenvalue weighted by Crippen LogP contribution is -2.28. The summed E-state index contributed by atoms with van der Waals surface area (Å²) in [4.78, 5) is 10.9. The van der Waals surface area contributed by atoms with Crippen LogP contribution in [-0.4, -0.2) is 28.7 Å². The molecule has 2 rings (SSSR count). The van der Waals surface area contributed by atoms with Crippen LogP contribution in [0.4, 0.5) is 5.95 Å². The fourth-order valence-electron chi connectivity index (χ4n) is 2.66. The third-order valence-electron chi connectivity index (χ3n) is 3.84. The second-order valence-electron chi connectivity index (χ2n) is 5.32. The molecule has 1 fully saturated rings. The van der Waals surface area contributed by atoms with Crippen LogP contribution >= 0.6 is 0 Å². The molecule has 0 bridgehead atoms. The molecule has 1 N–H and O–H groups in total. The number of aromatic nitrogens is 2. The van der Waals surface area contributed by atoms with Gasteiger partial charge >= 0.3 is 0 Å². The SMILES string of the molecule is Cc1nc(N(C)CC2CCCCC2)ncc1CO. The molecule has 1 aliphatic rings. The van der Waals surface area contributed by atoms with E-state index in [1.165, 1.54) is 32.1 Å². The Morgan fingerprint density at radius 3 is 2.67 bits per heavy atom. The highest BCUT2D eigenvalue weighted by molar-refractivity contribution is 5.31. The van der Waals surface area contributed by atoms with E-state index in [9.17, 15) is 0 Å². The smallest absolute Gasteiger partial charge is 0.225 e. The Labute approximate surface area is 109 Å². The highest BCUT2D eigenvalue weighted by Gasteiger charge is 2.17. The fraction of sp³-hybridized carbons (Fsp3) is 0.714. The van der Waals surface area contributed by atoms with Gasteiger partial charge in [-0.15, -0.1) is 0 Å². The van der Waals surface area contributed by atoms with E-state index >= 15 is 0 Å². The zero-order chi connectivity index (χ0) is 13.0. The van der Waals surface area contributed by atoms with Gasteiger partial charge in [0.25, 0.3) is 0 Å². The molecule has 0 aliphatic heterocycles. The van der Waals surface area contributed by atoms with Crippen LogP contribution in [0, 0.1) is 12.8 Å². The largest absolute Gasteiger partial charge is 0.392 e. The minimum absolute atomic E-state index is 0.0124. The summed E-state index contributed by atoms with van der Waals surface area (Å²) in [6.07, 6.45) is 8.51. The second kappa shape index (κ2) is 6.14. The highest BCUT2D eigenvalue weighted by atomic mass is 16.3. The van der Waals surface area contributed by atoms with E-state index in [1.807, 2.05) is 6.92 Å². The molecule has 0 aromatic carbocycles. The number of rotatable bonds is 4. The number of aryl methyl sites for hydroxylation is 1. The average Bonchev–Trinajstić information content (AvgIpc) is 2.39. The van der Waals surface area contributed by atoms with Gasteiger partial charge in [-0.05, 0) is 25.7 Å². The summed E-state index contributed by atoms with van der Waals surface area (Å²) in [5, 5.41) is 9.12. The van der Waals surface area contributed by atoms with Gasteiger partial charge in [0.2, 0.25) is 5.95 Å². The number of aliphatic hydroxyl groups is 1. The van der Waals surface area contributed by atoms with E-state index < -0.39 is 0 Å². The number of hydrogen-bond acceptors (Lipinski definition) is 4. The minimum atomic E-state index is 0.0124. The van der Waals surface area contributed by atoms with Crippen LogP contribution in [0.2, 0.25) is 0 Å². The third kappa shape index (κ3) is 3.19. The molecule has 0 spiro atoms. The van der Waals surface area contributed by atoms with Crippen molar-refractivity contribution in [3.05, 3.63) is 17.5 Å². The topological polar surface area (TPSA) is 49.2 Å². The highest BCUT2D eigenvalue weighted by Crippen LogP contribution is 2.25. The Morgan fingerprint density at radius 1 is 1.33 bits per heavy atom. The van der Waals surface area contributed by atoms with Crippen LogP contribution in [0.5, 0.6) is 0 Å². The molecule has 0 amide bonds. The van der Waals surface area contributed by atoms with Gasteiger partial charge in [-0.1, -0.05) is 19.3 Å². The van der Waals surface area contributed by atoms with Crippen molar-refractivity contribution in [1.82, 2.24) is 9.97 Å². The van der Waals surface area contributed by atoms with Crippen molar-refractivity contribution in [2.45, 2.75) is 45.6 Å². The summed E-state index contributed by atoms with van der Waals surface area (Å²) < 4.78 is 0. The lowest BCUT2D eigenvalue weighted by molar-refractivity contribution is 0.280. The van der Waals surface area contributed by atoms with E-state index in [1.54, 1.807) is 6.20 Å². The van der Waals surface area contributed by atoms with Crippen LogP contribution in [0.3, 0.4) is 0 Å². The van der Waals surface area contributed by atoms with Gasteiger partial charge in [0.05, 0.1) is 6.61 Å². The lowest BCUT2D eigenvalue weighted by atomic mass is 9.89. The summed E-state index contributed by atoms with van der Waals surface area (Å²) in [5.41, 5.74) is 1.68. The van der Waals surface area contributed by atoms with Gasteiger partial charge in [0, 0.05) is 31.0 Å². The van der Waals surface area contributed by atoms with Crippen molar-refractivity contribution >= 4 is 5.95 Å². The van der Waals surface area contributed by atoms with Crippen LogP contribution in [-0.2, 0) is 6.61 Å². The molecule has 18 heavy (non-hydrogen) atoms. The lowest BCUT2D eigenvalue weighted by Gasteiger charge is -2.27. The van der Waals surface area contributed by atoms with Gasteiger partial charge in [0.1, 0.15) is 0 Å². The first-order chi connectivity index (χ1) is 8.70. The number of hydrogen-bond donors (Lipinski definition) is 1. The molecule has 0 unspecified atom stereocenters. The predicted molar refractivity (Wildman–Crippen MR) is 72.5 cm³/mol. The van der Waals surface area contributed by atoms with Crippen LogP contribution < -0.4 is 4.90 Å². The summed E-state index contributed by atoms with van der Waals surface area (Å²) in [6.45, 7) is 2.97. The van der Waals surface area contributed by atoms with E-state index in [-0.39, 0.29) is 6.61 Å². The van der Waals surface area contributed by atoms with Crippen molar-refractivity contribution in [2.24, 2.45) is 5.92 Å². The van der Waals surface area contributed by atoms with Crippen LogP contribution in [0.15, 0.2) is 6.20 Å². The van der Waals surface area contributed by atoms with Gasteiger partial charge in [-0.3, -0.25) is 0 Å². The summed E-state index contributed by atoms with van der Waals surface area (Å²) >= 11 is 0. The number of nitrogens with zero attached hydrogens (tertiary/aromatic N) is 3. The molecule has 4 heteroatoms. The normalized spacial score (nSPS) is 16.8. The minimum Gasteiger partial charge on any atom is -0.392 e. The van der Waals surface area contributed by atoms with E-state index in [4.69, 9.17) is 5.11 Å². The van der Waals surface area contributed by atoms with Crippen molar-refractivity contribution < 1.29 is 5.11 Å². The first-order valence-electron chi connectivity index (χ1n) is 6.85. The first kappa shape index (κ1) is 13.3. The van der Waals surface area contributed by atoms with E-state index in [0.29, 0.717) is 0 Å². The monoisotopic (exact) mass is 249 g/mol. The fourth-order valence-corrected chi connectivity index (χ4v) is 2.66. The van der Waals surface area contributed by atoms with E-state index in [0.717, 1.165) is 29.7 Å². The second-order valence-corrected chi connectivity index (χ2v) is 5.32. The Bertz CT molecular complexity index is 389. The average molecular weight is 249 g/mol. The predicted octanol–water partition coefficient (Wildman–Crippen LogP) is 2.29. The van der Waals surface area contributed by atoms with Crippen molar-refractivity contribution in [3.8, 4) is 0 Å². The molecular weight excluding hydrogens is 226 g/mol. The quantitative estimate of drug-likeness (QED) is 0.889. The van der Waals surface area contributed by atoms with Crippen molar-refractivity contribution in [2.75, 3.05) is 18.5 Å². The maximum atomic E-state index is 9.12. The van der Waals surface area contributed by atoms with Gasteiger partial charge in [-0.2, -0.15) is 0 Å². The van der Waals surface area contributed by atoms with E-state index in [2.05, 4.69) is 21.9 Å². The molecule has 100 valence electrons.